The highest BCUT2D eigenvalue weighted by Gasteiger charge is 2.26. The van der Waals surface area contributed by atoms with Crippen LogP contribution < -0.4 is 4.57 Å². The van der Waals surface area contributed by atoms with Crippen LogP contribution in [0.2, 0.25) is 0 Å². The summed E-state index contributed by atoms with van der Waals surface area (Å²) in [5.41, 5.74) is 11.3. The Hall–Kier alpha value is -2.35. The summed E-state index contributed by atoms with van der Waals surface area (Å²) < 4.78 is 4.75. The van der Waals surface area contributed by atoms with Crippen molar-refractivity contribution in [3.8, 4) is 11.4 Å². The van der Waals surface area contributed by atoms with Crippen molar-refractivity contribution in [2.45, 2.75) is 119 Å². The minimum atomic E-state index is 0.458. The highest BCUT2D eigenvalue weighted by molar-refractivity contribution is 5.54. The van der Waals surface area contributed by atoms with Crippen LogP contribution in [0.1, 0.15) is 152 Å². The lowest BCUT2D eigenvalue weighted by atomic mass is 9.87. The second-order valence-corrected chi connectivity index (χ2v) is 12.3. The van der Waals surface area contributed by atoms with Crippen molar-refractivity contribution in [1.82, 2.24) is 4.57 Å². The molecule has 2 nitrogen and oxygen atoms in total. The topological polar surface area (TPSA) is 8.81 Å². The molecule has 0 saturated heterocycles. The third-order valence-corrected chi connectivity index (χ3v) is 7.36. The summed E-state index contributed by atoms with van der Waals surface area (Å²) in [6, 6.07) is 9.77. The lowest BCUT2D eigenvalue weighted by molar-refractivity contribution is -0.596. The Morgan fingerprint density at radius 3 is 1.23 bits per heavy atom. The van der Waals surface area contributed by atoms with Crippen molar-refractivity contribution in [3.05, 3.63) is 76.4 Å². The van der Waals surface area contributed by atoms with E-state index in [0.29, 0.717) is 35.5 Å². The van der Waals surface area contributed by atoms with Crippen LogP contribution in [0.3, 0.4) is 0 Å². The van der Waals surface area contributed by atoms with E-state index in [1.54, 1.807) is 0 Å². The van der Waals surface area contributed by atoms with Crippen LogP contribution in [0.25, 0.3) is 11.4 Å². The molecule has 0 aliphatic heterocycles. The van der Waals surface area contributed by atoms with Crippen molar-refractivity contribution in [2.24, 2.45) is 0 Å². The maximum Gasteiger partial charge on any atom is 0.254 e. The van der Waals surface area contributed by atoms with Gasteiger partial charge in [-0.1, -0.05) is 107 Å². The number of nitrogens with zero attached hydrogens (tertiary/aromatic N) is 2. The molecule has 0 fully saturated rings. The van der Waals surface area contributed by atoms with Gasteiger partial charge >= 0.3 is 0 Å². The maximum absolute atomic E-state index is 2.44. The molecule has 0 atom stereocenters. The van der Waals surface area contributed by atoms with Crippen LogP contribution in [0.15, 0.2) is 43.0 Å². The zero-order chi connectivity index (χ0) is 26.2. The Kier molecular flexibility index (Phi) is 8.35. The first-order valence-corrected chi connectivity index (χ1v) is 13.8. The van der Waals surface area contributed by atoms with E-state index < -0.39 is 0 Å². The van der Waals surface area contributed by atoms with Gasteiger partial charge in [-0.25, -0.2) is 9.13 Å². The van der Waals surface area contributed by atoms with Gasteiger partial charge in [-0.05, 0) is 46.6 Å². The molecule has 35 heavy (non-hydrogen) atoms. The third kappa shape index (κ3) is 5.57. The summed E-state index contributed by atoms with van der Waals surface area (Å²) in [5.74, 6) is 2.88. The van der Waals surface area contributed by atoms with Crippen molar-refractivity contribution >= 4 is 0 Å². The van der Waals surface area contributed by atoms with E-state index in [9.17, 15) is 0 Å². The molecule has 2 heteroatoms. The average Bonchev–Trinajstić information content (AvgIpc) is 3.26. The van der Waals surface area contributed by atoms with E-state index in [2.05, 4.69) is 135 Å². The largest absolute Gasteiger partial charge is 0.254 e. The number of hydrogen-bond donors (Lipinski definition) is 0. The summed E-state index contributed by atoms with van der Waals surface area (Å²) in [5, 5.41) is 0. The molecule has 0 aliphatic carbocycles. The minimum Gasteiger partial charge on any atom is -0.201 e. The number of benzene rings is 2. The van der Waals surface area contributed by atoms with Crippen LogP contribution in [-0.2, 0) is 0 Å². The van der Waals surface area contributed by atoms with Gasteiger partial charge < -0.3 is 0 Å². The monoisotopic (exact) mass is 473 g/mol. The fraction of sp³-hybridized carbons (Fsp3) is 0.545. The van der Waals surface area contributed by atoms with E-state index >= 15 is 0 Å². The highest BCUT2D eigenvalue weighted by atomic mass is 15.1. The Bertz CT molecular complexity index is 1010. The van der Waals surface area contributed by atoms with Gasteiger partial charge in [-0.3, -0.25) is 0 Å². The van der Waals surface area contributed by atoms with Crippen molar-refractivity contribution in [1.29, 1.82) is 0 Å². The number of aromatic nitrogens is 2. The van der Waals surface area contributed by atoms with Crippen LogP contribution >= 0.6 is 0 Å². The molecule has 0 unspecified atom stereocenters. The van der Waals surface area contributed by atoms with E-state index in [1.807, 2.05) is 0 Å². The summed E-state index contributed by atoms with van der Waals surface area (Å²) in [4.78, 5) is 0. The van der Waals surface area contributed by atoms with Gasteiger partial charge in [0.15, 0.2) is 0 Å². The lowest BCUT2D eigenvalue weighted by Crippen LogP contribution is -2.32. The van der Waals surface area contributed by atoms with Gasteiger partial charge in [0, 0.05) is 22.3 Å². The standard InChI is InChI=1S/C33H49N2/c1-20(2)26-15-28(22(5)6)32(29(16-26)23(7)8)34-13-14-35(19-34)33-30(24(9)10)17-27(21(3)4)18-31(33)25(11)12/h13-25H,1-12H3/q+1. The molecule has 1 aromatic heterocycles. The second-order valence-electron chi connectivity index (χ2n) is 12.3. The predicted octanol–water partition coefficient (Wildman–Crippen LogP) is 9.49. The minimum absolute atomic E-state index is 0.458. The molecule has 1 heterocycles. The van der Waals surface area contributed by atoms with Crippen LogP contribution in [0, 0.1) is 0 Å². The first kappa shape index (κ1) is 27.2. The van der Waals surface area contributed by atoms with E-state index in [4.69, 9.17) is 0 Å². The molecule has 0 saturated carbocycles. The molecule has 0 radical (unpaired) electrons. The lowest BCUT2D eigenvalue weighted by Gasteiger charge is -2.21. The number of hydrogen-bond acceptors (Lipinski definition) is 0. The fourth-order valence-electron chi connectivity index (χ4n) is 5.05. The smallest absolute Gasteiger partial charge is 0.201 e. The SMILES string of the molecule is CC(C)c1cc(C(C)C)c(-n2cc[n+](-c3c(C(C)C)cc(C(C)C)cc3C(C)C)c2)c(C(C)C)c1. The average molecular weight is 474 g/mol. The molecule has 0 aliphatic rings. The second kappa shape index (κ2) is 10.7. The molecule has 0 bridgehead atoms. The van der Waals surface area contributed by atoms with E-state index in [1.165, 1.54) is 44.8 Å². The number of imidazole rings is 1. The summed E-state index contributed by atoms with van der Waals surface area (Å²) in [7, 11) is 0. The zero-order valence-electron chi connectivity index (χ0n) is 24.4. The molecule has 2 aromatic carbocycles. The molecule has 0 spiro atoms. The Morgan fingerprint density at radius 1 is 0.514 bits per heavy atom. The normalized spacial score (nSPS) is 12.4. The van der Waals surface area contributed by atoms with E-state index in [-0.39, 0.29) is 0 Å². The molecule has 0 N–H and O–H groups in total. The van der Waals surface area contributed by atoms with Crippen LogP contribution in [-0.4, -0.2) is 4.57 Å². The highest BCUT2D eigenvalue weighted by Crippen LogP contribution is 2.36. The number of rotatable bonds is 8. The van der Waals surface area contributed by atoms with Gasteiger partial charge in [0.1, 0.15) is 23.8 Å². The van der Waals surface area contributed by atoms with Gasteiger partial charge in [-0.2, -0.15) is 0 Å². The zero-order valence-corrected chi connectivity index (χ0v) is 24.4. The van der Waals surface area contributed by atoms with Crippen molar-refractivity contribution in [2.75, 3.05) is 0 Å². The maximum atomic E-state index is 2.44. The summed E-state index contributed by atoms with van der Waals surface area (Å²) in [6.07, 6.45) is 6.82. The summed E-state index contributed by atoms with van der Waals surface area (Å²) in [6.45, 7) is 27.8. The Labute approximate surface area is 215 Å². The van der Waals surface area contributed by atoms with Gasteiger partial charge in [0.25, 0.3) is 6.33 Å². The van der Waals surface area contributed by atoms with Gasteiger partial charge in [-0.15, -0.1) is 0 Å². The molecule has 190 valence electrons. The first-order chi connectivity index (χ1) is 16.3. The quantitative estimate of drug-likeness (QED) is 0.288. The molecule has 3 rings (SSSR count). The van der Waals surface area contributed by atoms with Gasteiger partial charge in [0.05, 0.1) is 0 Å². The Balaban J connectivity index is 2.30. The molecule has 3 aromatic rings. The van der Waals surface area contributed by atoms with E-state index in [0.717, 1.165) is 0 Å². The first-order valence-electron chi connectivity index (χ1n) is 13.8. The fourth-order valence-corrected chi connectivity index (χ4v) is 5.05. The van der Waals surface area contributed by atoms with Crippen molar-refractivity contribution < 1.29 is 4.57 Å². The predicted molar refractivity (Wildman–Crippen MR) is 152 cm³/mol. The third-order valence-electron chi connectivity index (χ3n) is 7.36. The van der Waals surface area contributed by atoms with Gasteiger partial charge in [0.2, 0.25) is 0 Å². The summed E-state index contributed by atoms with van der Waals surface area (Å²) >= 11 is 0. The molecule has 0 amide bonds. The Morgan fingerprint density at radius 2 is 0.886 bits per heavy atom. The van der Waals surface area contributed by atoms with Crippen LogP contribution in [0.4, 0.5) is 0 Å². The molecular formula is C33H49N2+. The van der Waals surface area contributed by atoms with Crippen molar-refractivity contribution in [3.63, 3.8) is 0 Å². The van der Waals surface area contributed by atoms with Crippen LogP contribution in [0.5, 0.6) is 0 Å². The molecular weight excluding hydrogens is 424 g/mol.